The van der Waals surface area contributed by atoms with Crippen LogP contribution in [0.1, 0.15) is 37.1 Å². The lowest BCUT2D eigenvalue weighted by molar-refractivity contribution is -0.133. The summed E-state index contributed by atoms with van der Waals surface area (Å²) in [6, 6.07) is -0.301. The zero-order chi connectivity index (χ0) is 20.1. The van der Waals surface area contributed by atoms with Crippen molar-refractivity contribution in [2.24, 2.45) is 5.92 Å². The maximum atomic E-state index is 13.1. The molecular weight excluding hydrogens is 398 g/mol. The minimum absolute atomic E-state index is 0.00892. The van der Waals surface area contributed by atoms with Crippen LogP contribution >= 0.6 is 11.3 Å². The highest BCUT2D eigenvalue weighted by Gasteiger charge is 2.34. The number of carbonyl (C=O) groups is 1. The quantitative estimate of drug-likeness (QED) is 0.745. The molecule has 2 aromatic rings. The number of sulfone groups is 1. The first-order chi connectivity index (χ1) is 13.3. The van der Waals surface area contributed by atoms with E-state index in [1.54, 1.807) is 16.2 Å². The van der Waals surface area contributed by atoms with E-state index in [2.05, 4.69) is 11.9 Å². The number of rotatable bonds is 4. The first-order valence-electron chi connectivity index (χ1n) is 9.78. The van der Waals surface area contributed by atoms with Crippen LogP contribution in [-0.2, 0) is 34.0 Å². The Morgan fingerprint density at radius 2 is 2.18 bits per heavy atom. The van der Waals surface area contributed by atoms with Gasteiger partial charge in [-0.05, 0) is 44.1 Å². The van der Waals surface area contributed by atoms with Gasteiger partial charge in [-0.3, -0.25) is 14.2 Å². The van der Waals surface area contributed by atoms with E-state index in [1.165, 1.54) is 15.8 Å². The third-order valence-electron chi connectivity index (χ3n) is 5.90. The van der Waals surface area contributed by atoms with Crippen molar-refractivity contribution >= 4 is 37.3 Å². The lowest BCUT2D eigenvalue weighted by atomic mass is 9.89. The number of thiophene rings is 1. The molecule has 0 bridgehead atoms. The zero-order valence-electron chi connectivity index (χ0n) is 16.2. The predicted molar refractivity (Wildman–Crippen MR) is 110 cm³/mol. The third kappa shape index (κ3) is 3.50. The zero-order valence-corrected chi connectivity index (χ0v) is 17.8. The summed E-state index contributed by atoms with van der Waals surface area (Å²) in [5.41, 5.74) is 0.937. The second kappa shape index (κ2) is 7.26. The number of nitrogens with zero attached hydrogens (tertiary/aromatic N) is 3. The largest absolute Gasteiger partial charge is 0.337 e. The molecule has 1 saturated heterocycles. The van der Waals surface area contributed by atoms with E-state index >= 15 is 0 Å². The van der Waals surface area contributed by atoms with Gasteiger partial charge in [-0.15, -0.1) is 11.3 Å². The van der Waals surface area contributed by atoms with Gasteiger partial charge in [0.1, 0.15) is 11.4 Å². The summed E-state index contributed by atoms with van der Waals surface area (Å²) in [6.45, 7) is 4.38. The molecule has 1 amide bonds. The van der Waals surface area contributed by atoms with Crippen LogP contribution in [0.3, 0.4) is 0 Å². The van der Waals surface area contributed by atoms with Crippen LogP contribution < -0.4 is 5.56 Å². The van der Waals surface area contributed by atoms with Crippen LogP contribution in [0.25, 0.3) is 10.2 Å². The van der Waals surface area contributed by atoms with Gasteiger partial charge in [-0.25, -0.2) is 13.4 Å². The highest BCUT2D eigenvalue weighted by atomic mass is 32.2. The molecule has 1 aliphatic carbocycles. The van der Waals surface area contributed by atoms with Crippen LogP contribution in [0.2, 0.25) is 0 Å². The summed E-state index contributed by atoms with van der Waals surface area (Å²) in [4.78, 5) is 34.0. The van der Waals surface area contributed by atoms with E-state index in [9.17, 15) is 18.0 Å². The fraction of sp³-hybridized carbons (Fsp3) is 0.632. The Bertz CT molecular complexity index is 1090. The van der Waals surface area contributed by atoms with Gasteiger partial charge in [-0.2, -0.15) is 0 Å². The maximum Gasteiger partial charge on any atom is 0.262 e. The Labute approximate surface area is 168 Å². The fourth-order valence-corrected chi connectivity index (χ4v) is 7.45. The lowest BCUT2D eigenvalue weighted by Gasteiger charge is -2.27. The molecule has 2 atom stereocenters. The van der Waals surface area contributed by atoms with E-state index in [0.717, 1.165) is 29.7 Å². The minimum Gasteiger partial charge on any atom is -0.337 e. The van der Waals surface area contributed by atoms with Gasteiger partial charge < -0.3 is 4.90 Å². The first-order valence-corrected chi connectivity index (χ1v) is 12.4. The van der Waals surface area contributed by atoms with Crippen molar-refractivity contribution in [3.05, 3.63) is 27.1 Å². The van der Waals surface area contributed by atoms with Gasteiger partial charge in [0, 0.05) is 17.5 Å². The van der Waals surface area contributed by atoms with Gasteiger partial charge in [0.15, 0.2) is 9.84 Å². The smallest absolute Gasteiger partial charge is 0.262 e. The molecule has 28 heavy (non-hydrogen) atoms. The van der Waals surface area contributed by atoms with Crippen LogP contribution in [0.5, 0.6) is 0 Å². The second-order valence-corrected chi connectivity index (χ2v) is 11.3. The summed E-state index contributed by atoms with van der Waals surface area (Å²) in [6.07, 6.45) is 4.84. The number of likely N-dealkylation sites (N-methyl/N-ethyl adjacent to an activating group) is 1. The SMILES string of the molecule is CCN(C(=O)Cn1cnc2sc3c(c2c1=O)CC[C@@H](C)C3)[C@H]1CCS(=O)(=O)C1. The Morgan fingerprint density at radius 1 is 1.39 bits per heavy atom. The van der Waals surface area contributed by atoms with Crippen molar-refractivity contribution in [2.75, 3.05) is 18.1 Å². The first kappa shape index (κ1) is 19.6. The molecule has 152 valence electrons. The topological polar surface area (TPSA) is 89.3 Å². The Hall–Kier alpha value is -1.74. The van der Waals surface area contributed by atoms with Gasteiger partial charge in [0.05, 0.1) is 23.2 Å². The van der Waals surface area contributed by atoms with Crippen molar-refractivity contribution in [1.82, 2.24) is 14.5 Å². The molecule has 0 unspecified atom stereocenters. The van der Waals surface area contributed by atoms with Crippen molar-refractivity contribution in [3.63, 3.8) is 0 Å². The van der Waals surface area contributed by atoms with Gasteiger partial charge >= 0.3 is 0 Å². The molecule has 0 radical (unpaired) electrons. The Kier molecular flexibility index (Phi) is 5.07. The number of hydrogen-bond acceptors (Lipinski definition) is 6. The number of aromatic nitrogens is 2. The average Bonchev–Trinajstić information content (AvgIpc) is 3.17. The van der Waals surface area contributed by atoms with E-state index in [0.29, 0.717) is 24.3 Å². The molecule has 0 spiro atoms. The summed E-state index contributed by atoms with van der Waals surface area (Å²) >= 11 is 1.59. The molecule has 4 rings (SSSR count). The van der Waals surface area contributed by atoms with Crippen molar-refractivity contribution in [3.8, 4) is 0 Å². The van der Waals surface area contributed by atoms with Crippen LogP contribution in [0.4, 0.5) is 0 Å². The fourth-order valence-electron chi connectivity index (χ4n) is 4.37. The predicted octanol–water partition coefficient (Wildman–Crippen LogP) is 1.62. The van der Waals surface area contributed by atoms with Crippen molar-refractivity contribution in [2.45, 2.75) is 52.1 Å². The third-order valence-corrected chi connectivity index (χ3v) is 8.81. The molecule has 2 aromatic heterocycles. The summed E-state index contributed by atoms with van der Waals surface area (Å²) in [5.74, 6) is 0.513. The molecule has 0 aromatic carbocycles. The van der Waals surface area contributed by atoms with E-state index in [4.69, 9.17) is 0 Å². The monoisotopic (exact) mass is 423 g/mol. The normalized spacial score (nSPS) is 23.6. The summed E-state index contributed by atoms with van der Waals surface area (Å²) in [5, 5.41) is 0.661. The highest BCUT2D eigenvalue weighted by molar-refractivity contribution is 7.91. The van der Waals surface area contributed by atoms with Gasteiger partial charge in [0.25, 0.3) is 5.56 Å². The molecule has 1 fully saturated rings. The van der Waals surface area contributed by atoms with Crippen LogP contribution in [0.15, 0.2) is 11.1 Å². The highest BCUT2D eigenvalue weighted by Crippen LogP contribution is 2.35. The van der Waals surface area contributed by atoms with Crippen LogP contribution in [0, 0.1) is 5.92 Å². The van der Waals surface area contributed by atoms with E-state index in [1.807, 2.05) is 6.92 Å². The Balaban J connectivity index is 1.62. The van der Waals surface area contributed by atoms with E-state index in [-0.39, 0.29) is 35.6 Å². The lowest BCUT2D eigenvalue weighted by Crippen LogP contribution is -2.43. The molecule has 3 heterocycles. The number of amides is 1. The van der Waals surface area contributed by atoms with Gasteiger partial charge in [0.2, 0.25) is 5.91 Å². The number of carbonyl (C=O) groups excluding carboxylic acids is 1. The molecular formula is C19H25N3O4S2. The molecule has 9 heteroatoms. The van der Waals surface area contributed by atoms with Crippen molar-refractivity contribution < 1.29 is 13.2 Å². The average molecular weight is 424 g/mol. The van der Waals surface area contributed by atoms with Gasteiger partial charge in [-0.1, -0.05) is 6.92 Å². The minimum atomic E-state index is -3.07. The van der Waals surface area contributed by atoms with Crippen molar-refractivity contribution in [1.29, 1.82) is 0 Å². The molecule has 0 N–H and O–H groups in total. The maximum absolute atomic E-state index is 13.1. The summed E-state index contributed by atoms with van der Waals surface area (Å²) in [7, 11) is -3.07. The standard InChI is InChI=1S/C19H25N3O4S2/c1-3-22(13-6-7-28(25,26)10-13)16(23)9-21-11-20-18-17(19(21)24)14-5-4-12(2)8-15(14)27-18/h11-13H,3-10H2,1-2H3/t12-,13+/m1/s1. The van der Waals surface area contributed by atoms with Crippen LogP contribution in [-0.4, -0.2) is 52.9 Å². The van der Waals surface area contributed by atoms with E-state index < -0.39 is 9.84 Å². The number of fused-ring (bicyclic) bond motifs is 3. The Morgan fingerprint density at radius 3 is 2.86 bits per heavy atom. The summed E-state index contributed by atoms with van der Waals surface area (Å²) < 4.78 is 24.9. The number of hydrogen-bond donors (Lipinski definition) is 0. The molecule has 7 nitrogen and oxygen atoms in total. The number of aryl methyl sites for hydroxylation is 1. The second-order valence-electron chi connectivity index (χ2n) is 7.95. The molecule has 1 aliphatic heterocycles. The molecule has 0 saturated carbocycles. The molecule has 2 aliphatic rings.